The number of nitrogens with zero attached hydrogens (tertiary/aromatic N) is 2. The smallest absolute Gasteiger partial charge is 0.339 e. The predicted octanol–water partition coefficient (Wildman–Crippen LogP) is 3.56. The number of benzene rings is 1. The van der Waals surface area contributed by atoms with Gasteiger partial charge in [-0.3, -0.25) is 9.48 Å². The number of para-hydroxylation sites is 1. The van der Waals surface area contributed by atoms with Gasteiger partial charge in [-0.2, -0.15) is 5.10 Å². The third kappa shape index (κ3) is 3.85. The number of methoxy groups -OCH3 is 1. The number of alkyl halides is 4. The average molecular weight is 399 g/mol. The highest BCUT2D eigenvalue weighted by Crippen LogP contribution is 2.36. The molecule has 1 amide bonds. The first-order valence-electron chi connectivity index (χ1n) is 8.45. The van der Waals surface area contributed by atoms with Gasteiger partial charge in [0.15, 0.2) is 5.69 Å². The van der Waals surface area contributed by atoms with Crippen LogP contribution in [0.5, 0.6) is 0 Å². The number of esters is 1. The Morgan fingerprint density at radius 2 is 1.93 bits per heavy atom. The molecule has 0 unspecified atom stereocenters. The maximum atomic E-state index is 13.3. The molecule has 28 heavy (non-hydrogen) atoms. The molecule has 0 radical (unpaired) electrons. The van der Waals surface area contributed by atoms with E-state index in [-0.39, 0.29) is 29.1 Å². The van der Waals surface area contributed by atoms with Crippen molar-refractivity contribution in [3.8, 4) is 0 Å². The number of carbonyl (C=O) groups excluding carboxylic acids is 2. The van der Waals surface area contributed by atoms with Crippen LogP contribution >= 0.6 is 0 Å². The largest absolute Gasteiger partial charge is 0.465 e. The molecule has 2 aromatic rings. The summed E-state index contributed by atoms with van der Waals surface area (Å²) in [6.07, 6.45) is -6.21. The maximum absolute atomic E-state index is 13.3. The van der Waals surface area contributed by atoms with Gasteiger partial charge >= 0.3 is 5.97 Å². The molecule has 1 aromatic carbocycles. The van der Waals surface area contributed by atoms with Crippen molar-refractivity contribution in [3.63, 3.8) is 0 Å². The Balaban J connectivity index is 1.88. The number of rotatable bonds is 5. The number of hydrogen-bond acceptors (Lipinski definition) is 4. The molecule has 2 atom stereocenters. The van der Waals surface area contributed by atoms with E-state index in [9.17, 15) is 27.2 Å². The zero-order valence-electron chi connectivity index (χ0n) is 14.7. The number of nitrogens with one attached hydrogen (secondary N) is 1. The summed E-state index contributed by atoms with van der Waals surface area (Å²) in [6, 6.07) is 5.77. The highest BCUT2D eigenvalue weighted by Gasteiger charge is 2.38. The van der Waals surface area contributed by atoms with E-state index in [4.69, 9.17) is 0 Å². The van der Waals surface area contributed by atoms with Gasteiger partial charge in [0.25, 0.3) is 12.3 Å². The van der Waals surface area contributed by atoms with E-state index in [1.807, 2.05) is 0 Å². The van der Waals surface area contributed by atoms with Gasteiger partial charge in [0.05, 0.1) is 18.4 Å². The molecular formula is C18H17F4N3O3. The minimum atomic E-state index is -2.89. The van der Waals surface area contributed by atoms with E-state index in [0.717, 1.165) is 4.68 Å². The quantitative estimate of drug-likeness (QED) is 0.617. The molecule has 0 saturated heterocycles. The first kappa shape index (κ1) is 19.8. The molecular weight excluding hydrogens is 382 g/mol. The molecule has 10 heteroatoms. The third-order valence-corrected chi connectivity index (χ3v) is 4.60. The summed E-state index contributed by atoms with van der Waals surface area (Å²) in [6.45, 7) is 0. The van der Waals surface area contributed by atoms with Crippen LogP contribution in [0.1, 0.15) is 39.0 Å². The van der Waals surface area contributed by atoms with Gasteiger partial charge in [-0.25, -0.2) is 22.4 Å². The normalized spacial score (nSPS) is 18.8. The Morgan fingerprint density at radius 3 is 2.57 bits per heavy atom. The Kier molecular flexibility index (Phi) is 5.66. The van der Waals surface area contributed by atoms with Crippen LogP contribution in [0.4, 0.5) is 23.2 Å². The molecule has 0 fully saturated rings. The Bertz CT molecular complexity index is 885. The zero-order chi connectivity index (χ0) is 20.4. The Hall–Kier alpha value is -2.91. The van der Waals surface area contributed by atoms with Crippen LogP contribution in [0.3, 0.4) is 0 Å². The van der Waals surface area contributed by atoms with Gasteiger partial charge in [0.1, 0.15) is 6.04 Å². The minimum absolute atomic E-state index is 0.102. The van der Waals surface area contributed by atoms with Crippen LogP contribution in [0.25, 0.3) is 0 Å². The Labute approximate surface area is 157 Å². The summed E-state index contributed by atoms with van der Waals surface area (Å²) >= 11 is 0. The zero-order valence-corrected chi connectivity index (χ0v) is 14.7. The Morgan fingerprint density at radius 1 is 1.21 bits per heavy atom. The number of hydrogen-bond donors (Lipinski definition) is 1. The predicted molar refractivity (Wildman–Crippen MR) is 90.8 cm³/mol. The molecule has 1 aromatic heterocycles. The first-order chi connectivity index (χ1) is 13.3. The van der Waals surface area contributed by atoms with Gasteiger partial charge < -0.3 is 10.1 Å². The molecule has 0 saturated carbocycles. The van der Waals surface area contributed by atoms with Gasteiger partial charge in [-0.1, -0.05) is 12.1 Å². The molecule has 150 valence electrons. The highest BCUT2D eigenvalue weighted by molar-refractivity contribution is 6.07. The van der Waals surface area contributed by atoms with Crippen LogP contribution in [0, 0.1) is 5.92 Å². The van der Waals surface area contributed by atoms with Crippen molar-refractivity contribution in [1.29, 1.82) is 0 Å². The van der Waals surface area contributed by atoms with Crippen LogP contribution in [0.15, 0.2) is 30.3 Å². The molecule has 1 aliphatic heterocycles. The van der Waals surface area contributed by atoms with Crippen molar-refractivity contribution in [2.75, 3.05) is 12.4 Å². The van der Waals surface area contributed by atoms with E-state index in [1.165, 1.54) is 25.3 Å². The summed E-state index contributed by atoms with van der Waals surface area (Å²) in [5.41, 5.74) is 0.204. The van der Waals surface area contributed by atoms with Crippen LogP contribution in [0.2, 0.25) is 0 Å². The van der Waals surface area contributed by atoms with E-state index >= 15 is 0 Å². The number of ether oxygens (including phenoxy) is 1. The van der Waals surface area contributed by atoms with Crippen molar-refractivity contribution in [2.24, 2.45) is 5.92 Å². The lowest BCUT2D eigenvalue weighted by molar-refractivity contribution is 0.00662. The topological polar surface area (TPSA) is 73.2 Å². The molecule has 0 aliphatic carbocycles. The lowest BCUT2D eigenvalue weighted by Crippen LogP contribution is -2.32. The number of aromatic nitrogens is 2. The van der Waals surface area contributed by atoms with E-state index in [1.54, 1.807) is 12.1 Å². The first-order valence-corrected chi connectivity index (χ1v) is 8.45. The van der Waals surface area contributed by atoms with E-state index in [2.05, 4.69) is 15.2 Å². The summed E-state index contributed by atoms with van der Waals surface area (Å²) in [7, 11) is 1.19. The molecule has 0 spiro atoms. The standard InChI is InChI=1S/C18H17F4N3O3/c1-28-18(27)11-4-2-3-5-12(11)23-17(26)13-8-10-6-9(15(19)20)7-14(16(21)22)25(10)24-13/h2-5,8-9,14-16H,6-7H2,1H3,(H,23,26)/t9-,14-/m0/s1. The second-order valence-electron chi connectivity index (χ2n) is 6.39. The molecule has 0 bridgehead atoms. The lowest BCUT2D eigenvalue weighted by atomic mass is 9.91. The molecule has 6 nitrogen and oxygen atoms in total. The summed E-state index contributed by atoms with van der Waals surface area (Å²) in [5, 5.41) is 6.38. The number of amides is 1. The van der Waals surface area contributed by atoms with Crippen LogP contribution < -0.4 is 5.32 Å². The van der Waals surface area contributed by atoms with Crippen molar-refractivity contribution in [3.05, 3.63) is 47.3 Å². The molecule has 1 aliphatic rings. The second-order valence-corrected chi connectivity index (χ2v) is 6.39. The van der Waals surface area contributed by atoms with Crippen molar-refractivity contribution >= 4 is 17.6 Å². The summed E-state index contributed by atoms with van der Waals surface area (Å²) in [5.74, 6) is -2.64. The SMILES string of the molecule is COC(=O)c1ccccc1NC(=O)c1cc2n(n1)[C@H](C(F)F)C[C@@H](C(F)F)C2. The monoisotopic (exact) mass is 399 g/mol. The van der Waals surface area contributed by atoms with Crippen LogP contribution in [-0.2, 0) is 11.2 Å². The third-order valence-electron chi connectivity index (χ3n) is 4.60. The fraction of sp³-hybridized carbons (Fsp3) is 0.389. The van der Waals surface area contributed by atoms with Gasteiger partial charge in [-0.15, -0.1) is 0 Å². The maximum Gasteiger partial charge on any atom is 0.339 e. The van der Waals surface area contributed by atoms with Crippen LogP contribution in [-0.4, -0.2) is 41.6 Å². The van der Waals surface area contributed by atoms with Crippen molar-refractivity contribution < 1.29 is 31.9 Å². The number of carbonyl (C=O) groups is 2. The summed E-state index contributed by atoms with van der Waals surface area (Å²) in [4.78, 5) is 24.3. The number of fused-ring (bicyclic) bond motifs is 1. The van der Waals surface area contributed by atoms with Crippen molar-refractivity contribution in [1.82, 2.24) is 9.78 Å². The molecule has 3 rings (SSSR count). The second kappa shape index (κ2) is 7.99. The van der Waals surface area contributed by atoms with Gasteiger partial charge in [0.2, 0.25) is 6.43 Å². The van der Waals surface area contributed by atoms with E-state index in [0.29, 0.717) is 0 Å². The van der Waals surface area contributed by atoms with Crippen molar-refractivity contribution in [2.45, 2.75) is 31.7 Å². The fourth-order valence-corrected chi connectivity index (χ4v) is 3.21. The number of anilines is 1. The average Bonchev–Trinajstić information content (AvgIpc) is 3.11. The molecule has 2 heterocycles. The van der Waals surface area contributed by atoms with Gasteiger partial charge in [-0.05, 0) is 31.0 Å². The fourth-order valence-electron chi connectivity index (χ4n) is 3.21. The van der Waals surface area contributed by atoms with E-state index < -0.39 is 43.1 Å². The lowest BCUT2D eigenvalue weighted by Gasteiger charge is -2.29. The summed E-state index contributed by atoms with van der Waals surface area (Å²) < 4.78 is 58.3. The molecule has 1 N–H and O–H groups in total. The highest BCUT2D eigenvalue weighted by atomic mass is 19.3. The minimum Gasteiger partial charge on any atom is -0.465 e. The van der Waals surface area contributed by atoms with Gasteiger partial charge in [0, 0.05) is 11.6 Å². The number of halogens is 4.